The van der Waals surface area contributed by atoms with Gasteiger partial charge in [0.2, 0.25) is 5.95 Å². The van der Waals surface area contributed by atoms with Gasteiger partial charge in [-0.25, -0.2) is 4.98 Å². The van der Waals surface area contributed by atoms with Crippen molar-refractivity contribution in [2.75, 3.05) is 56.3 Å². The molecule has 0 bridgehead atoms. The Balaban J connectivity index is 1.86. The number of nitrogens with zero attached hydrogens (tertiary/aromatic N) is 3. The van der Waals surface area contributed by atoms with E-state index in [0.29, 0.717) is 31.6 Å². The molecule has 0 spiro atoms. The summed E-state index contributed by atoms with van der Waals surface area (Å²) in [6.45, 7) is 8.76. The Morgan fingerprint density at radius 1 is 1.32 bits per heavy atom. The van der Waals surface area contributed by atoms with E-state index in [2.05, 4.69) is 35.1 Å². The molecule has 0 aliphatic carbocycles. The molecule has 25 heavy (non-hydrogen) atoms. The van der Waals surface area contributed by atoms with E-state index in [0.717, 1.165) is 50.5 Å². The number of morpholine rings is 1. The molecule has 2 fully saturated rings. The molecule has 7 heteroatoms. The highest BCUT2D eigenvalue weighted by Crippen LogP contribution is 2.31. The summed E-state index contributed by atoms with van der Waals surface area (Å²) in [4.78, 5) is 11.7. The first-order valence-electron chi connectivity index (χ1n) is 9.40. The first-order valence-corrected chi connectivity index (χ1v) is 9.40. The van der Waals surface area contributed by atoms with Crippen LogP contribution in [-0.2, 0) is 9.47 Å². The van der Waals surface area contributed by atoms with Crippen LogP contribution in [0.4, 0.5) is 11.8 Å². The molecular weight excluding hydrogens is 320 g/mol. The van der Waals surface area contributed by atoms with E-state index in [1.54, 1.807) is 0 Å². The van der Waals surface area contributed by atoms with E-state index in [-0.39, 0.29) is 12.2 Å². The third kappa shape index (κ3) is 4.22. The molecule has 2 aliphatic rings. The molecule has 7 nitrogen and oxygen atoms in total. The summed E-state index contributed by atoms with van der Waals surface area (Å²) >= 11 is 0. The zero-order valence-corrected chi connectivity index (χ0v) is 15.3. The fourth-order valence-corrected chi connectivity index (χ4v) is 3.56. The summed E-state index contributed by atoms with van der Waals surface area (Å²) in [5, 5.41) is 12.2. The lowest BCUT2D eigenvalue weighted by atomic mass is 9.95. The number of hydrogen-bond donors (Lipinski definition) is 2. The van der Waals surface area contributed by atoms with Gasteiger partial charge in [-0.1, -0.05) is 13.8 Å². The Morgan fingerprint density at radius 3 is 2.84 bits per heavy atom. The number of ether oxygens (including phenoxy) is 2. The van der Waals surface area contributed by atoms with Crippen molar-refractivity contribution in [3.8, 4) is 0 Å². The normalized spacial score (nSPS) is 23.0. The second kappa shape index (κ2) is 8.29. The molecule has 0 aromatic carbocycles. The van der Waals surface area contributed by atoms with Crippen molar-refractivity contribution in [3.63, 3.8) is 0 Å². The van der Waals surface area contributed by atoms with Crippen molar-refractivity contribution >= 4 is 11.8 Å². The fourth-order valence-electron chi connectivity index (χ4n) is 3.56. The standard InChI is InChI=1S/C18H30N4O3/c1-3-18(4-2)13-22(7-10-25-18)16-11-15(14-5-9-24-12-14)20-17(21-16)19-6-8-23/h11,14,23H,3-10,12-13H2,1-2H3,(H,19,20,21). The van der Waals surface area contributed by atoms with Crippen LogP contribution in [0, 0.1) is 0 Å². The number of aliphatic hydroxyl groups is 1. The van der Waals surface area contributed by atoms with E-state index < -0.39 is 0 Å². The molecule has 1 unspecified atom stereocenters. The maximum atomic E-state index is 9.09. The smallest absolute Gasteiger partial charge is 0.224 e. The van der Waals surface area contributed by atoms with Gasteiger partial charge < -0.3 is 24.8 Å². The predicted octanol–water partition coefficient (Wildman–Crippen LogP) is 1.78. The van der Waals surface area contributed by atoms with Gasteiger partial charge in [-0.15, -0.1) is 0 Å². The van der Waals surface area contributed by atoms with Crippen LogP contribution in [0.5, 0.6) is 0 Å². The highest BCUT2D eigenvalue weighted by Gasteiger charge is 2.34. The largest absolute Gasteiger partial charge is 0.395 e. The molecule has 1 aromatic heterocycles. The van der Waals surface area contributed by atoms with Crippen molar-refractivity contribution < 1.29 is 14.6 Å². The third-order valence-electron chi connectivity index (χ3n) is 5.34. The lowest BCUT2D eigenvalue weighted by Gasteiger charge is -2.42. The summed E-state index contributed by atoms with van der Waals surface area (Å²) in [5.41, 5.74) is 0.923. The molecule has 3 rings (SSSR count). The Morgan fingerprint density at radius 2 is 2.16 bits per heavy atom. The van der Waals surface area contributed by atoms with Gasteiger partial charge in [-0.05, 0) is 19.3 Å². The number of anilines is 2. The molecule has 0 amide bonds. The second-order valence-corrected chi connectivity index (χ2v) is 6.85. The van der Waals surface area contributed by atoms with Crippen LogP contribution in [0.1, 0.15) is 44.7 Å². The molecule has 3 heterocycles. The summed E-state index contributed by atoms with van der Waals surface area (Å²) < 4.78 is 11.6. The Labute approximate surface area is 149 Å². The minimum Gasteiger partial charge on any atom is -0.395 e. The average molecular weight is 350 g/mol. The van der Waals surface area contributed by atoms with E-state index in [1.807, 2.05) is 0 Å². The summed E-state index contributed by atoms with van der Waals surface area (Å²) in [6, 6.07) is 2.10. The lowest BCUT2D eigenvalue weighted by Crippen LogP contribution is -2.51. The maximum absolute atomic E-state index is 9.09. The van der Waals surface area contributed by atoms with E-state index in [1.165, 1.54) is 0 Å². The van der Waals surface area contributed by atoms with Crippen LogP contribution in [0.2, 0.25) is 0 Å². The van der Waals surface area contributed by atoms with Gasteiger partial charge in [0.25, 0.3) is 0 Å². The third-order valence-corrected chi connectivity index (χ3v) is 5.34. The summed E-state index contributed by atoms with van der Waals surface area (Å²) in [5.74, 6) is 1.84. The second-order valence-electron chi connectivity index (χ2n) is 6.85. The quantitative estimate of drug-likeness (QED) is 0.776. The van der Waals surface area contributed by atoms with Crippen molar-refractivity contribution in [3.05, 3.63) is 11.8 Å². The van der Waals surface area contributed by atoms with Crippen LogP contribution in [0.3, 0.4) is 0 Å². The molecule has 2 N–H and O–H groups in total. The number of aliphatic hydroxyl groups excluding tert-OH is 1. The van der Waals surface area contributed by atoms with E-state index >= 15 is 0 Å². The number of nitrogens with one attached hydrogen (secondary N) is 1. The van der Waals surface area contributed by atoms with Gasteiger partial charge in [0.15, 0.2) is 0 Å². The summed E-state index contributed by atoms with van der Waals surface area (Å²) in [6.07, 6.45) is 2.97. The van der Waals surface area contributed by atoms with Crippen molar-refractivity contribution in [1.82, 2.24) is 9.97 Å². The van der Waals surface area contributed by atoms with Gasteiger partial charge in [0.05, 0.1) is 31.1 Å². The summed E-state index contributed by atoms with van der Waals surface area (Å²) in [7, 11) is 0. The van der Waals surface area contributed by atoms with Gasteiger partial charge in [0, 0.05) is 38.2 Å². The predicted molar refractivity (Wildman–Crippen MR) is 97.3 cm³/mol. The van der Waals surface area contributed by atoms with Crippen LogP contribution in [0.15, 0.2) is 6.07 Å². The molecule has 0 saturated carbocycles. The van der Waals surface area contributed by atoms with E-state index in [9.17, 15) is 0 Å². The zero-order chi connectivity index (χ0) is 17.7. The molecule has 1 atom stereocenters. The van der Waals surface area contributed by atoms with Gasteiger partial charge >= 0.3 is 0 Å². The first kappa shape index (κ1) is 18.4. The molecule has 0 radical (unpaired) electrons. The van der Waals surface area contributed by atoms with Gasteiger partial charge in [-0.2, -0.15) is 4.98 Å². The lowest BCUT2D eigenvalue weighted by molar-refractivity contribution is -0.0606. The Bertz CT molecular complexity index is 559. The van der Waals surface area contributed by atoms with Crippen molar-refractivity contribution in [1.29, 1.82) is 0 Å². The highest BCUT2D eigenvalue weighted by molar-refractivity contribution is 5.46. The van der Waals surface area contributed by atoms with Gasteiger partial charge in [-0.3, -0.25) is 0 Å². The van der Waals surface area contributed by atoms with Crippen molar-refractivity contribution in [2.24, 2.45) is 0 Å². The SMILES string of the molecule is CCC1(CC)CN(c2cc(C3CCOC3)nc(NCCO)n2)CCO1. The molecule has 140 valence electrons. The molecule has 2 saturated heterocycles. The van der Waals surface area contributed by atoms with Crippen LogP contribution < -0.4 is 10.2 Å². The minimum atomic E-state index is -0.0987. The molecule has 2 aliphatic heterocycles. The zero-order valence-electron chi connectivity index (χ0n) is 15.3. The minimum absolute atomic E-state index is 0.0573. The Kier molecular flexibility index (Phi) is 6.09. The van der Waals surface area contributed by atoms with Gasteiger partial charge in [0.1, 0.15) is 5.82 Å². The van der Waals surface area contributed by atoms with Crippen LogP contribution in [-0.4, -0.2) is 66.7 Å². The number of hydrogen-bond acceptors (Lipinski definition) is 7. The first-order chi connectivity index (χ1) is 12.2. The van der Waals surface area contributed by atoms with E-state index in [4.69, 9.17) is 19.6 Å². The molecular formula is C18H30N4O3. The number of aromatic nitrogens is 2. The van der Waals surface area contributed by atoms with Crippen LogP contribution in [0.25, 0.3) is 0 Å². The van der Waals surface area contributed by atoms with Crippen LogP contribution >= 0.6 is 0 Å². The fraction of sp³-hybridized carbons (Fsp3) is 0.778. The van der Waals surface area contributed by atoms with Crippen molar-refractivity contribution in [2.45, 2.75) is 44.6 Å². The molecule has 1 aromatic rings. The number of rotatable bonds is 7. The Hall–Kier alpha value is -1.44. The topological polar surface area (TPSA) is 79.7 Å². The highest BCUT2D eigenvalue weighted by atomic mass is 16.5. The average Bonchev–Trinajstić information content (AvgIpc) is 3.21. The maximum Gasteiger partial charge on any atom is 0.224 e. The monoisotopic (exact) mass is 350 g/mol.